The minimum atomic E-state index is 0.821. The molecule has 4 nitrogen and oxygen atoms in total. The van der Waals surface area contributed by atoms with Crippen LogP contribution in [0.1, 0.15) is 57.2 Å². The summed E-state index contributed by atoms with van der Waals surface area (Å²) in [5.74, 6) is 0.876. The van der Waals surface area contributed by atoms with Gasteiger partial charge in [-0.1, -0.05) is 58.1 Å². The molecule has 0 saturated carbocycles. The van der Waals surface area contributed by atoms with Gasteiger partial charge in [0.25, 0.3) is 0 Å². The Labute approximate surface area is 192 Å². The fourth-order valence-corrected chi connectivity index (χ4v) is 3.77. The van der Waals surface area contributed by atoms with Gasteiger partial charge in [-0.3, -0.25) is 0 Å². The summed E-state index contributed by atoms with van der Waals surface area (Å²) in [4.78, 5) is 6.75. The summed E-state index contributed by atoms with van der Waals surface area (Å²) < 4.78 is 5.19. The number of benzene rings is 2. The van der Waals surface area contributed by atoms with Crippen LogP contribution in [0, 0.1) is 0 Å². The van der Waals surface area contributed by atoms with E-state index in [1.807, 2.05) is 26.2 Å². The Hall–Kier alpha value is -2.53. The standard InChI is InChI=1S/C19H21N3OS.C7H16/c1-22(2)17-8-6-15(7-9-17)20-19-21-16(13-24-19)12-14-4-10-18(23-3)11-5-14;1-3-5-7-6-4-2/h4-11,13H,12H2,1-3H3,(H,20,21);3-7H2,1-2H3. The molecule has 0 aliphatic rings. The normalized spacial score (nSPS) is 10.2. The Bertz CT molecular complexity index is 853. The molecule has 0 unspecified atom stereocenters. The van der Waals surface area contributed by atoms with Crippen molar-refractivity contribution in [2.45, 2.75) is 52.4 Å². The van der Waals surface area contributed by atoms with Gasteiger partial charge in [0.1, 0.15) is 5.75 Å². The van der Waals surface area contributed by atoms with Gasteiger partial charge in [0.15, 0.2) is 5.13 Å². The van der Waals surface area contributed by atoms with Crippen LogP contribution in [0.5, 0.6) is 5.75 Å². The molecule has 0 radical (unpaired) electrons. The fraction of sp³-hybridized carbons (Fsp3) is 0.423. The number of rotatable bonds is 10. The lowest BCUT2D eigenvalue weighted by atomic mass is 10.1. The molecule has 0 atom stereocenters. The van der Waals surface area contributed by atoms with E-state index >= 15 is 0 Å². The van der Waals surface area contributed by atoms with Gasteiger partial charge >= 0.3 is 0 Å². The van der Waals surface area contributed by atoms with Crippen LogP contribution in [0.2, 0.25) is 0 Å². The number of anilines is 3. The van der Waals surface area contributed by atoms with E-state index in [-0.39, 0.29) is 0 Å². The SMILES string of the molecule is CCCCCCC.COc1ccc(Cc2csc(Nc3ccc(N(C)C)cc3)n2)cc1. The smallest absolute Gasteiger partial charge is 0.187 e. The third kappa shape index (κ3) is 9.01. The molecule has 0 aliphatic heterocycles. The lowest BCUT2D eigenvalue weighted by Gasteiger charge is -2.12. The van der Waals surface area contributed by atoms with Gasteiger partial charge in [-0.25, -0.2) is 4.98 Å². The van der Waals surface area contributed by atoms with Crippen LogP contribution >= 0.6 is 11.3 Å². The summed E-state index contributed by atoms with van der Waals surface area (Å²) in [5.41, 5.74) is 4.52. The molecule has 0 aliphatic carbocycles. The molecule has 31 heavy (non-hydrogen) atoms. The van der Waals surface area contributed by atoms with Crippen molar-refractivity contribution in [3.8, 4) is 5.75 Å². The highest BCUT2D eigenvalue weighted by atomic mass is 32.1. The van der Waals surface area contributed by atoms with Gasteiger partial charge in [-0.2, -0.15) is 0 Å². The predicted molar refractivity (Wildman–Crippen MR) is 136 cm³/mol. The first-order valence-corrected chi connectivity index (χ1v) is 12.0. The van der Waals surface area contributed by atoms with Crippen molar-refractivity contribution in [2.24, 2.45) is 0 Å². The van der Waals surface area contributed by atoms with Crippen molar-refractivity contribution in [1.82, 2.24) is 4.98 Å². The van der Waals surface area contributed by atoms with Crippen molar-refractivity contribution in [3.05, 3.63) is 65.2 Å². The van der Waals surface area contributed by atoms with E-state index in [0.29, 0.717) is 0 Å². The second kappa shape index (κ2) is 13.7. The predicted octanol–water partition coefficient (Wildman–Crippen LogP) is 7.53. The molecule has 1 aromatic heterocycles. The number of hydrogen-bond donors (Lipinski definition) is 1. The van der Waals surface area contributed by atoms with E-state index in [2.05, 4.69) is 70.8 Å². The van der Waals surface area contributed by atoms with Crippen LogP contribution in [0.4, 0.5) is 16.5 Å². The molecular formula is C26H37N3OS. The molecule has 0 fully saturated rings. The molecular weight excluding hydrogens is 402 g/mol. The summed E-state index contributed by atoms with van der Waals surface area (Å²) in [5, 5.41) is 6.37. The monoisotopic (exact) mass is 439 g/mol. The highest BCUT2D eigenvalue weighted by Crippen LogP contribution is 2.24. The number of nitrogens with zero attached hydrogens (tertiary/aromatic N) is 2. The van der Waals surface area contributed by atoms with Crippen molar-refractivity contribution in [1.29, 1.82) is 0 Å². The van der Waals surface area contributed by atoms with Gasteiger partial charge in [-0.05, 0) is 42.0 Å². The minimum absolute atomic E-state index is 0.821. The maximum atomic E-state index is 5.19. The fourth-order valence-electron chi connectivity index (χ4n) is 3.04. The quantitative estimate of drug-likeness (QED) is 0.331. The average Bonchev–Trinajstić information content (AvgIpc) is 3.22. The zero-order valence-corrected chi connectivity index (χ0v) is 20.5. The van der Waals surface area contributed by atoms with Crippen molar-refractivity contribution < 1.29 is 4.74 Å². The van der Waals surface area contributed by atoms with Gasteiger partial charge < -0.3 is 15.0 Å². The number of methoxy groups -OCH3 is 1. The molecule has 3 aromatic rings. The number of unbranched alkanes of at least 4 members (excludes halogenated alkanes) is 4. The highest BCUT2D eigenvalue weighted by Gasteiger charge is 2.05. The third-order valence-corrected chi connectivity index (χ3v) is 5.74. The van der Waals surface area contributed by atoms with E-state index in [1.54, 1.807) is 18.4 Å². The Morgan fingerprint density at radius 1 is 0.903 bits per heavy atom. The molecule has 0 bridgehead atoms. The minimum Gasteiger partial charge on any atom is -0.497 e. The van der Waals surface area contributed by atoms with Crippen LogP contribution < -0.4 is 15.0 Å². The van der Waals surface area contributed by atoms with Crippen molar-refractivity contribution >= 4 is 27.8 Å². The van der Waals surface area contributed by atoms with Crippen molar-refractivity contribution in [3.63, 3.8) is 0 Å². The number of ether oxygens (including phenoxy) is 1. The molecule has 0 spiro atoms. The van der Waals surface area contributed by atoms with E-state index in [0.717, 1.165) is 28.7 Å². The lowest BCUT2D eigenvalue weighted by Crippen LogP contribution is -2.08. The zero-order valence-electron chi connectivity index (χ0n) is 19.6. The maximum absolute atomic E-state index is 5.19. The van der Waals surface area contributed by atoms with Gasteiger partial charge in [-0.15, -0.1) is 11.3 Å². The number of nitrogens with one attached hydrogen (secondary N) is 1. The van der Waals surface area contributed by atoms with E-state index < -0.39 is 0 Å². The Kier molecular flexibility index (Phi) is 10.9. The number of aromatic nitrogens is 1. The molecule has 0 saturated heterocycles. The first-order chi connectivity index (χ1) is 15.0. The number of hydrogen-bond acceptors (Lipinski definition) is 5. The second-order valence-electron chi connectivity index (χ2n) is 7.80. The zero-order chi connectivity index (χ0) is 22.5. The summed E-state index contributed by atoms with van der Waals surface area (Å²) in [6.07, 6.45) is 7.83. The molecule has 168 valence electrons. The van der Waals surface area contributed by atoms with Gasteiger partial charge in [0.2, 0.25) is 0 Å². The lowest BCUT2D eigenvalue weighted by molar-refractivity contribution is 0.414. The first-order valence-electron chi connectivity index (χ1n) is 11.2. The van der Waals surface area contributed by atoms with Crippen molar-refractivity contribution in [2.75, 3.05) is 31.4 Å². The third-order valence-electron chi connectivity index (χ3n) is 4.94. The van der Waals surface area contributed by atoms with Crippen LogP contribution in [0.15, 0.2) is 53.9 Å². The van der Waals surface area contributed by atoms with Gasteiger partial charge in [0, 0.05) is 37.3 Å². The molecule has 2 aromatic carbocycles. The topological polar surface area (TPSA) is 37.4 Å². The van der Waals surface area contributed by atoms with Gasteiger partial charge in [0.05, 0.1) is 12.8 Å². The molecule has 1 heterocycles. The molecule has 0 amide bonds. The summed E-state index contributed by atoms with van der Waals surface area (Å²) in [7, 11) is 5.75. The Balaban J connectivity index is 0.000000423. The molecule has 3 rings (SSSR count). The number of thiazole rings is 1. The molecule has 1 N–H and O–H groups in total. The van der Waals surface area contributed by atoms with Crippen LogP contribution in [-0.4, -0.2) is 26.2 Å². The largest absolute Gasteiger partial charge is 0.497 e. The first kappa shape index (κ1) is 24.7. The van der Waals surface area contributed by atoms with E-state index in [9.17, 15) is 0 Å². The van der Waals surface area contributed by atoms with E-state index in [1.165, 1.54) is 43.4 Å². The molecule has 5 heteroatoms. The maximum Gasteiger partial charge on any atom is 0.187 e. The summed E-state index contributed by atoms with van der Waals surface area (Å²) in [6, 6.07) is 16.4. The summed E-state index contributed by atoms with van der Waals surface area (Å²) in [6.45, 7) is 4.49. The summed E-state index contributed by atoms with van der Waals surface area (Å²) >= 11 is 1.62. The van der Waals surface area contributed by atoms with E-state index in [4.69, 9.17) is 4.74 Å². The Morgan fingerprint density at radius 3 is 2.10 bits per heavy atom. The van der Waals surface area contributed by atoms with Crippen LogP contribution in [-0.2, 0) is 6.42 Å². The van der Waals surface area contributed by atoms with Crippen LogP contribution in [0.3, 0.4) is 0 Å². The Morgan fingerprint density at radius 2 is 1.55 bits per heavy atom. The average molecular weight is 440 g/mol. The highest BCUT2D eigenvalue weighted by molar-refractivity contribution is 7.13. The van der Waals surface area contributed by atoms with Crippen LogP contribution in [0.25, 0.3) is 0 Å². The second-order valence-corrected chi connectivity index (χ2v) is 8.65.